The topological polar surface area (TPSA) is 110 Å². The van der Waals surface area contributed by atoms with Crippen molar-refractivity contribution in [1.29, 1.82) is 0 Å². The average Bonchev–Trinajstić information content (AvgIpc) is 3.28. The Kier molecular flexibility index (Phi) is 12.0. The van der Waals surface area contributed by atoms with Crippen molar-refractivity contribution in [3.8, 4) is 0 Å². The molecule has 0 aromatic heterocycles. The van der Waals surface area contributed by atoms with Gasteiger partial charge in [-0.2, -0.15) is 8.78 Å². The van der Waals surface area contributed by atoms with Gasteiger partial charge in [-0.15, -0.1) is 0 Å². The van der Waals surface area contributed by atoms with Gasteiger partial charge in [-0.3, -0.25) is 9.59 Å². The van der Waals surface area contributed by atoms with E-state index in [2.05, 4.69) is 0 Å². The lowest BCUT2D eigenvalue weighted by molar-refractivity contribution is -0.164. The highest BCUT2D eigenvalue weighted by molar-refractivity contribution is 5.88. The molecule has 2 aliphatic heterocycles. The Labute approximate surface area is 223 Å². The molecule has 0 aliphatic carbocycles. The van der Waals surface area contributed by atoms with Gasteiger partial charge in [0.1, 0.15) is 29.6 Å². The Morgan fingerprint density at radius 3 is 1.50 bits per heavy atom. The first kappa shape index (κ1) is 33.2. The maximum absolute atomic E-state index is 12.2. The Balaban J connectivity index is 0.000000382. The van der Waals surface area contributed by atoms with Gasteiger partial charge in [0, 0.05) is 37.8 Å². The van der Waals surface area contributed by atoms with E-state index in [0.717, 1.165) is 12.4 Å². The van der Waals surface area contributed by atoms with Gasteiger partial charge in [-0.25, -0.2) is 9.59 Å². The lowest BCUT2D eigenvalue weighted by Gasteiger charge is -2.29. The summed E-state index contributed by atoms with van der Waals surface area (Å²) in [5.74, 6) is -2.16. The number of halogens is 2. The van der Waals surface area contributed by atoms with Gasteiger partial charge < -0.3 is 24.1 Å². The minimum Gasteiger partial charge on any atom is -0.458 e. The summed E-state index contributed by atoms with van der Waals surface area (Å²) in [6, 6.07) is -1.29. The van der Waals surface area contributed by atoms with E-state index in [1.807, 2.05) is 6.92 Å². The highest BCUT2D eigenvalue weighted by atomic mass is 19.3. The highest BCUT2D eigenvalue weighted by Gasteiger charge is 2.39. The molecule has 9 nitrogen and oxygen atoms in total. The van der Waals surface area contributed by atoms with Gasteiger partial charge in [0.05, 0.1) is 0 Å². The molecule has 0 N–H and O–H groups in total. The van der Waals surface area contributed by atoms with E-state index in [1.165, 1.54) is 9.80 Å². The Morgan fingerprint density at radius 2 is 1.21 bits per heavy atom. The number of carbonyl (C=O) groups excluding carboxylic acids is 5. The molecule has 2 amide bonds. The summed E-state index contributed by atoms with van der Waals surface area (Å²) in [5.41, 5.74) is -1.21. The van der Waals surface area contributed by atoms with Crippen LogP contribution in [0.2, 0.25) is 0 Å². The molecule has 11 heteroatoms. The van der Waals surface area contributed by atoms with Crippen molar-refractivity contribution in [2.45, 2.75) is 104 Å². The molecule has 0 aromatic carbocycles. The van der Waals surface area contributed by atoms with Crippen LogP contribution in [-0.2, 0) is 33.4 Å². The fourth-order valence-corrected chi connectivity index (χ4v) is 4.27. The monoisotopic (exact) mass is 544 g/mol. The van der Waals surface area contributed by atoms with Crippen LogP contribution in [0.4, 0.5) is 8.78 Å². The molecule has 0 bridgehead atoms. The molecule has 2 aliphatic rings. The van der Waals surface area contributed by atoms with Crippen molar-refractivity contribution >= 4 is 30.0 Å². The Hall–Kier alpha value is -2.85. The summed E-state index contributed by atoms with van der Waals surface area (Å²) in [5, 5.41) is 0. The lowest BCUT2D eigenvalue weighted by atomic mass is 10.1. The van der Waals surface area contributed by atoms with E-state index in [9.17, 15) is 32.8 Å². The summed E-state index contributed by atoms with van der Waals surface area (Å²) < 4.78 is 35.1. The molecule has 4 atom stereocenters. The fourth-order valence-electron chi connectivity index (χ4n) is 4.27. The van der Waals surface area contributed by atoms with Crippen LogP contribution in [0.25, 0.3) is 0 Å². The van der Waals surface area contributed by atoms with Crippen molar-refractivity contribution in [3.05, 3.63) is 12.2 Å². The predicted octanol–water partition coefficient (Wildman–Crippen LogP) is 3.89. The first-order valence-electron chi connectivity index (χ1n) is 12.9. The zero-order chi connectivity index (χ0) is 29.4. The summed E-state index contributed by atoms with van der Waals surface area (Å²) in [6.45, 7) is 14.6. The van der Waals surface area contributed by atoms with Crippen molar-refractivity contribution in [2.24, 2.45) is 11.8 Å². The molecule has 0 radical (unpaired) electrons. The smallest absolute Gasteiger partial charge is 0.329 e. The molecule has 2 saturated heterocycles. The largest absolute Gasteiger partial charge is 0.458 e. The van der Waals surface area contributed by atoms with E-state index in [0.29, 0.717) is 19.4 Å². The zero-order valence-corrected chi connectivity index (χ0v) is 23.7. The predicted molar refractivity (Wildman–Crippen MR) is 136 cm³/mol. The molecule has 2 fully saturated rings. The fraction of sp³-hybridized carbons (Fsp3) is 0.741. The maximum Gasteiger partial charge on any atom is 0.329 e. The first-order chi connectivity index (χ1) is 17.4. The second-order valence-corrected chi connectivity index (χ2v) is 11.5. The van der Waals surface area contributed by atoms with Gasteiger partial charge in [-0.1, -0.05) is 13.8 Å². The molecule has 2 rings (SSSR count). The van der Waals surface area contributed by atoms with Crippen molar-refractivity contribution in [3.63, 3.8) is 0 Å². The molecule has 4 unspecified atom stereocenters. The molecular weight excluding hydrogens is 502 g/mol. The van der Waals surface area contributed by atoms with Crippen LogP contribution in [0.3, 0.4) is 0 Å². The third-order valence-corrected chi connectivity index (χ3v) is 5.81. The standard InChI is InChI=1S/C14H21F2NO3.C13H21NO4/c1-5-10(13(19)20-14(2,3)4)17-8-9(6-11(15)16)7-12(17)18;1-5-10(12(17)18-13(2,3)4)14-7-9(8-15)6-11(14)16/h6,9-10H,5,7-8H2,1-4H3;8-10H,5-7H2,1-4H3. The molecule has 38 heavy (non-hydrogen) atoms. The van der Waals surface area contributed by atoms with Gasteiger partial charge in [0.2, 0.25) is 11.8 Å². The van der Waals surface area contributed by atoms with Gasteiger partial charge in [-0.05, 0) is 60.5 Å². The van der Waals surface area contributed by atoms with E-state index < -0.39 is 47.2 Å². The van der Waals surface area contributed by atoms with Crippen LogP contribution >= 0.6 is 0 Å². The number of hydrogen-bond donors (Lipinski definition) is 0. The Morgan fingerprint density at radius 1 is 0.842 bits per heavy atom. The maximum atomic E-state index is 12.2. The number of amides is 2. The minimum atomic E-state index is -1.80. The van der Waals surface area contributed by atoms with Gasteiger partial charge in [0.15, 0.2) is 0 Å². The number of nitrogens with zero attached hydrogens (tertiary/aromatic N) is 2. The lowest BCUT2D eigenvalue weighted by Crippen LogP contribution is -2.45. The number of rotatable bonds is 8. The second-order valence-electron chi connectivity index (χ2n) is 11.5. The summed E-state index contributed by atoms with van der Waals surface area (Å²) >= 11 is 0. The number of ether oxygens (including phenoxy) is 2. The van der Waals surface area contributed by atoms with Gasteiger partial charge >= 0.3 is 11.9 Å². The quantitative estimate of drug-likeness (QED) is 0.337. The van der Waals surface area contributed by atoms with Crippen LogP contribution in [0.15, 0.2) is 12.2 Å². The van der Waals surface area contributed by atoms with Gasteiger partial charge in [0.25, 0.3) is 6.08 Å². The number of hydrogen-bond acceptors (Lipinski definition) is 7. The van der Waals surface area contributed by atoms with E-state index in [1.54, 1.807) is 48.5 Å². The summed E-state index contributed by atoms with van der Waals surface area (Å²) in [7, 11) is 0. The number of esters is 2. The summed E-state index contributed by atoms with van der Waals surface area (Å²) in [6.07, 6.45) is 0.857. The highest BCUT2D eigenvalue weighted by Crippen LogP contribution is 2.26. The third-order valence-electron chi connectivity index (χ3n) is 5.81. The van der Waals surface area contributed by atoms with Crippen LogP contribution < -0.4 is 0 Å². The second kappa shape index (κ2) is 13.8. The van der Waals surface area contributed by atoms with Crippen LogP contribution in [-0.4, -0.2) is 76.2 Å². The van der Waals surface area contributed by atoms with Crippen LogP contribution in [0.5, 0.6) is 0 Å². The zero-order valence-electron chi connectivity index (χ0n) is 23.7. The minimum absolute atomic E-state index is 0.0106. The van der Waals surface area contributed by atoms with Crippen LogP contribution in [0.1, 0.15) is 81.1 Å². The number of aldehydes is 1. The van der Waals surface area contributed by atoms with Crippen LogP contribution in [0, 0.1) is 11.8 Å². The third kappa shape index (κ3) is 10.5. The molecule has 0 saturated carbocycles. The van der Waals surface area contributed by atoms with Crippen molar-refractivity contribution < 1.29 is 42.2 Å². The van der Waals surface area contributed by atoms with Crippen molar-refractivity contribution in [1.82, 2.24) is 9.80 Å². The molecule has 2 heterocycles. The van der Waals surface area contributed by atoms with E-state index in [-0.39, 0.29) is 37.1 Å². The normalized spacial score (nSPS) is 21.3. The first-order valence-corrected chi connectivity index (χ1v) is 12.9. The van der Waals surface area contributed by atoms with Crippen molar-refractivity contribution in [2.75, 3.05) is 13.1 Å². The summed E-state index contributed by atoms with van der Waals surface area (Å²) in [4.78, 5) is 61.3. The Bertz CT molecular complexity index is 904. The molecular formula is C27H42F2N2O7. The number of carbonyl (C=O) groups is 5. The molecule has 216 valence electrons. The molecule has 0 aromatic rings. The van der Waals surface area contributed by atoms with E-state index >= 15 is 0 Å². The molecule has 0 spiro atoms. The SMILES string of the molecule is CCC(C(=O)OC(C)(C)C)N1CC(C=C(F)F)CC1=O.CCC(C(=O)OC(C)(C)C)N1CC(C=O)CC1=O. The average molecular weight is 545 g/mol. The van der Waals surface area contributed by atoms with E-state index in [4.69, 9.17) is 9.47 Å². The number of likely N-dealkylation sites (tertiary alicyclic amines) is 2.